The number of hydrazine groups is 1. The van der Waals surface area contributed by atoms with Gasteiger partial charge in [-0.05, 0) is 60.9 Å². The summed E-state index contributed by atoms with van der Waals surface area (Å²) in [5, 5.41) is 4.58. The lowest BCUT2D eigenvalue weighted by Gasteiger charge is -2.34. The van der Waals surface area contributed by atoms with Gasteiger partial charge in [-0.15, -0.1) is 0 Å². The molecule has 0 fully saturated rings. The number of carbonyl (C=O) groups excluding carboxylic acids is 1. The van der Waals surface area contributed by atoms with Gasteiger partial charge in [0.1, 0.15) is 5.41 Å². The second-order valence-electron chi connectivity index (χ2n) is 8.63. The molecule has 1 heterocycles. The van der Waals surface area contributed by atoms with Crippen molar-refractivity contribution in [2.75, 3.05) is 31.7 Å². The maximum atomic E-state index is 14.4. The van der Waals surface area contributed by atoms with E-state index < -0.39 is 5.41 Å². The van der Waals surface area contributed by atoms with E-state index in [2.05, 4.69) is 43.0 Å². The van der Waals surface area contributed by atoms with E-state index in [4.69, 9.17) is 11.6 Å². The Hall–Kier alpha value is -2.66. The van der Waals surface area contributed by atoms with Crippen molar-refractivity contribution in [3.05, 3.63) is 101 Å². The number of amides is 1. The van der Waals surface area contributed by atoms with Gasteiger partial charge in [-0.1, -0.05) is 86.1 Å². The van der Waals surface area contributed by atoms with E-state index in [-0.39, 0.29) is 5.91 Å². The van der Waals surface area contributed by atoms with Crippen LogP contribution in [0.1, 0.15) is 37.0 Å². The molecular weight excluding hydrogens is 430 g/mol. The van der Waals surface area contributed by atoms with E-state index in [0.717, 1.165) is 48.4 Å². The van der Waals surface area contributed by atoms with Crippen molar-refractivity contribution in [2.24, 2.45) is 0 Å². The molecule has 0 spiro atoms. The van der Waals surface area contributed by atoms with E-state index in [1.165, 1.54) is 0 Å². The van der Waals surface area contributed by atoms with E-state index in [9.17, 15) is 4.79 Å². The standard InChI is InChI=1S/C28H32ClN3O/c1-4-31(5-2)19-18-28(23-13-7-6-8-14-23)25-16-9-10-17-26(25)32(27(28)33)30(3)21-22-12-11-15-24(29)20-22/h6-17,20H,4-5,18-19,21H2,1-3H3/t28-/m0/s1. The summed E-state index contributed by atoms with van der Waals surface area (Å²) in [6.45, 7) is 7.73. The second kappa shape index (κ2) is 10.1. The minimum Gasteiger partial charge on any atom is -0.304 e. The van der Waals surface area contributed by atoms with E-state index in [1.54, 1.807) is 0 Å². The number of hydrogen-bond donors (Lipinski definition) is 0. The fraction of sp³-hybridized carbons (Fsp3) is 0.321. The summed E-state index contributed by atoms with van der Waals surface area (Å²) >= 11 is 6.22. The maximum Gasteiger partial charge on any atom is 0.256 e. The highest BCUT2D eigenvalue weighted by atomic mass is 35.5. The van der Waals surface area contributed by atoms with Crippen molar-refractivity contribution < 1.29 is 4.79 Å². The number of benzene rings is 3. The molecule has 1 aliphatic heterocycles. The number of carbonyl (C=O) groups is 1. The quantitative estimate of drug-likeness (QED) is 0.406. The Labute approximate surface area is 202 Å². The molecule has 0 radical (unpaired) electrons. The van der Waals surface area contributed by atoms with Crippen LogP contribution in [0, 0.1) is 0 Å². The van der Waals surface area contributed by atoms with Crippen molar-refractivity contribution in [3.63, 3.8) is 0 Å². The zero-order chi connectivity index (χ0) is 23.4. The number of nitrogens with zero attached hydrogens (tertiary/aromatic N) is 3. The zero-order valence-electron chi connectivity index (χ0n) is 19.7. The normalized spacial score (nSPS) is 17.8. The number of halogens is 1. The zero-order valence-corrected chi connectivity index (χ0v) is 20.4. The van der Waals surface area contributed by atoms with Gasteiger partial charge in [0, 0.05) is 18.6 Å². The van der Waals surface area contributed by atoms with Crippen molar-refractivity contribution in [2.45, 2.75) is 32.2 Å². The van der Waals surface area contributed by atoms with Crippen LogP contribution in [0.25, 0.3) is 0 Å². The first-order chi connectivity index (χ1) is 16.0. The van der Waals surface area contributed by atoms with Crippen LogP contribution < -0.4 is 5.01 Å². The molecule has 0 unspecified atom stereocenters. The van der Waals surface area contributed by atoms with Crippen LogP contribution in [0.2, 0.25) is 5.02 Å². The van der Waals surface area contributed by atoms with Crippen LogP contribution >= 0.6 is 11.6 Å². The molecule has 172 valence electrons. The molecule has 0 bridgehead atoms. The van der Waals surface area contributed by atoms with Crippen molar-refractivity contribution >= 4 is 23.2 Å². The molecule has 4 nitrogen and oxygen atoms in total. The molecule has 33 heavy (non-hydrogen) atoms. The summed E-state index contributed by atoms with van der Waals surface area (Å²) in [5.41, 5.74) is 3.42. The molecule has 5 heteroatoms. The average Bonchev–Trinajstić information content (AvgIpc) is 3.09. The van der Waals surface area contributed by atoms with Crippen LogP contribution in [0.4, 0.5) is 5.69 Å². The molecule has 1 atom stereocenters. The van der Waals surface area contributed by atoms with Crippen LogP contribution in [0.3, 0.4) is 0 Å². The predicted molar refractivity (Wildman–Crippen MR) is 136 cm³/mol. The molecular formula is C28H32ClN3O. The predicted octanol–water partition coefficient (Wildman–Crippen LogP) is 5.75. The van der Waals surface area contributed by atoms with Gasteiger partial charge in [0.2, 0.25) is 0 Å². The van der Waals surface area contributed by atoms with Gasteiger partial charge in [-0.3, -0.25) is 4.79 Å². The molecule has 0 aromatic heterocycles. The van der Waals surface area contributed by atoms with Crippen molar-refractivity contribution in [1.82, 2.24) is 9.91 Å². The van der Waals surface area contributed by atoms with Crippen molar-refractivity contribution in [3.8, 4) is 0 Å². The summed E-state index contributed by atoms with van der Waals surface area (Å²) in [6.07, 6.45) is 0.732. The van der Waals surface area contributed by atoms with Gasteiger partial charge >= 0.3 is 0 Å². The van der Waals surface area contributed by atoms with Gasteiger partial charge in [0.25, 0.3) is 5.91 Å². The minimum atomic E-state index is -0.719. The van der Waals surface area contributed by atoms with Crippen molar-refractivity contribution in [1.29, 1.82) is 0 Å². The summed E-state index contributed by atoms with van der Waals surface area (Å²) in [5.74, 6) is 0.103. The van der Waals surface area contributed by atoms with Gasteiger partial charge in [-0.2, -0.15) is 0 Å². The lowest BCUT2D eigenvalue weighted by atomic mass is 9.72. The number of hydrogen-bond acceptors (Lipinski definition) is 3. The monoisotopic (exact) mass is 461 g/mol. The Kier molecular flexibility index (Phi) is 7.18. The first-order valence-electron chi connectivity index (χ1n) is 11.7. The van der Waals surface area contributed by atoms with Gasteiger partial charge in [0.05, 0.1) is 5.69 Å². The third kappa shape index (κ3) is 4.43. The Bertz CT molecular complexity index is 1100. The molecule has 4 rings (SSSR count). The summed E-state index contributed by atoms with van der Waals surface area (Å²) in [7, 11) is 1.97. The van der Waals surface area contributed by atoms with Crippen LogP contribution in [-0.4, -0.2) is 42.5 Å². The van der Waals surface area contributed by atoms with E-state index in [1.807, 2.05) is 71.7 Å². The third-order valence-corrected chi connectivity index (χ3v) is 6.99. The summed E-state index contributed by atoms with van der Waals surface area (Å²) in [4.78, 5) is 16.8. The third-order valence-electron chi connectivity index (χ3n) is 6.76. The summed E-state index contributed by atoms with van der Waals surface area (Å²) < 4.78 is 0. The number of anilines is 1. The largest absolute Gasteiger partial charge is 0.304 e. The molecule has 1 aliphatic rings. The van der Waals surface area contributed by atoms with Gasteiger partial charge in [-0.25, -0.2) is 10.0 Å². The highest BCUT2D eigenvalue weighted by Crippen LogP contribution is 2.49. The SMILES string of the molecule is CCN(CC)CC[C@@]1(c2ccccc2)C(=O)N(N(C)Cc2cccc(Cl)c2)c2ccccc21. The number of para-hydroxylation sites is 1. The van der Waals surface area contributed by atoms with E-state index >= 15 is 0 Å². The number of rotatable bonds is 9. The minimum absolute atomic E-state index is 0.103. The first kappa shape index (κ1) is 23.5. The molecule has 0 aliphatic carbocycles. The molecule has 0 saturated heterocycles. The fourth-order valence-corrected chi connectivity index (χ4v) is 5.20. The lowest BCUT2D eigenvalue weighted by Crippen LogP contribution is -2.49. The average molecular weight is 462 g/mol. The topological polar surface area (TPSA) is 26.8 Å². The van der Waals surface area contributed by atoms with Crippen LogP contribution in [0.15, 0.2) is 78.9 Å². The Morgan fingerprint density at radius 1 is 0.909 bits per heavy atom. The second-order valence-corrected chi connectivity index (χ2v) is 9.06. The highest BCUT2D eigenvalue weighted by molar-refractivity contribution is 6.30. The molecule has 0 saturated carbocycles. The van der Waals surface area contributed by atoms with Crippen LogP contribution in [-0.2, 0) is 16.8 Å². The highest BCUT2D eigenvalue weighted by Gasteiger charge is 2.52. The first-order valence-corrected chi connectivity index (χ1v) is 12.1. The summed E-state index contributed by atoms with van der Waals surface area (Å²) in [6, 6.07) is 26.3. The maximum absolute atomic E-state index is 14.4. The van der Waals surface area contributed by atoms with Gasteiger partial charge in [0.15, 0.2) is 0 Å². The lowest BCUT2D eigenvalue weighted by molar-refractivity contribution is -0.125. The van der Waals surface area contributed by atoms with E-state index in [0.29, 0.717) is 11.6 Å². The molecule has 1 amide bonds. The smallest absolute Gasteiger partial charge is 0.256 e. The molecule has 0 N–H and O–H groups in total. The molecule has 3 aromatic rings. The Balaban J connectivity index is 1.78. The Morgan fingerprint density at radius 3 is 2.30 bits per heavy atom. The Morgan fingerprint density at radius 2 is 1.61 bits per heavy atom. The fourth-order valence-electron chi connectivity index (χ4n) is 4.99. The number of fused-ring (bicyclic) bond motifs is 1. The van der Waals surface area contributed by atoms with Crippen LogP contribution in [0.5, 0.6) is 0 Å². The van der Waals surface area contributed by atoms with Gasteiger partial charge < -0.3 is 4.90 Å². The molecule has 3 aromatic carbocycles.